The van der Waals surface area contributed by atoms with Crippen LogP contribution in [0.5, 0.6) is 0 Å². The molecule has 0 aliphatic carbocycles. The van der Waals surface area contributed by atoms with Crippen LogP contribution in [0.3, 0.4) is 0 Å². The van der Waals surface area contributed by atoms with Crippen molar-refractivity contribution in [1.82, 2.24) is 5.32 Å². The lowest BCUT2D eigenvalue weighted by molar-refractivity contribution is 0.208. The fraction of sp³-hybridized carbons (Fsp3) is 0.412. The molecule has 0 spiro atoms. The molecule has 1 aromatic carbocycles. The predicted molar refractivity (Wildman–Crippen MR) is 80.6 cm³/mol. The normalized spacial score (nSPS) is 16.2. The van der Waals surface area contributed by atoms with Gasteiger partial charge in [-0.3, -0.25) is 0 Å². The highest BCUT2D eigenvalue weighted by molar-refractivity contribution is 5.78. The molecule has 1 aliphatic heterocycles. The fourth-order valence-electron chi connectivity index (χ4n) is 2.59. The van der Waals surface area contributed by atoms with E-state index in [0.717, 1.165) is 48.5 Å². The average molecular weight is 271 g/mol. The summed E-state index contributed by atoms with van der Waals surface area (Å²) >= 11 is 0. The molecule has 0 radical (unpaired) electrons. The second-order valence-corrected chi connectivity index (χ2v) is 5.32. The summed E-state index contributed by atoms with van der Waals surface area (Å²) in [6.45, 7) is 5.98. The lowest BCUT2D eigenvalue weighted by atomic mass is 10.1. The zero-order chi connectivity index (χ0) is 13.9. The maximum absolute atomic E-state index is 6.01. The van der Waals surface area contributed by atoms with Gasteiger partial charge in [-0.05, 0) is 44.2 Å². The molecule has 0 fully saturated rings. The first kappa shape index (κ1) is 13.3. The van der Waals surface area contributed by atoms with Crippen LogP contribution in [-0.4, -0.2) is 13.2 Å². The Kier molecular flexibility index (Phi) is 3.79. The van der Waals surface area contributed by atoms with E-state index < -0.39 is 0 Å². The van der Waals surface area contributed by atoms with Crippen molar-refractivity contribution in [3.05, 3.63) is 47.4 Å². The van der Waals surface area contributed by atoms with E-state index in [1.165, 1.54) is 5.56 Å². The summed E-state index contributed by atoms with van der Waals surface area (Å²) in [6, 6.07) is 8.43. The molecule has 1 aliphatic rings. The monoisotopic (exact) mass is 271 g/mol. The van der Waals surface area contributed by atoms with Crippen LogP contribution in [-0.2, 0) is 4.74 Å². The number of aryl methyl sites for hydroxylation is 1. The number of furan rings is 1. The maximum atomic E-state index is 6.01. The second-order valence-electron chi connectivity index (χ2n) is 5.32. The van der Waals surface area contributed by atoms with Crippen molar-refractivity contribution >= 4 is 11.0 Å². The van der Waals surface area contributed by atoms with Crippen LogP contribution in [0.4, 0.5) is 0 Å². The third kappa shape index (κ3) is 2.59. The highest BCUT2D eigenvalue weighted by Crippen LogP contribution is 2.31. The third-order valence-corrected chi connectivity index (χ3v) is 3.59. The minimum Gasteiger partial charge on any atom is -0.496 e. The molecule has 2 heterocycles. The number of hydrogen-bond donors (Lipinski definition) is 1. The van der Waals surface area contributed by atoms with Crippen molar-refractivity contribution in [2.45, 2.75) is 32.7 Å². The molecule has 2 aromatic rings. The average Bonchev–Trinajstić information content (AvgIpc) is 3.08. The van der Waals surface area contributed by atoms with Crippen LogP contribution >= 0.6 is 0 Å². The van der Waals surface area contributed by atoms with Gasteiger partial charge in [0.25, 0.3) is 0 Å². The zero-order valence-electron chi connectivity index (χ0n) is 12.1. The lowest BCUT2D eigenvalue weighted by Crippen LogP contribution is -2.23. The second kappa shape index (κ2) is 5.71. The number of benzene rings is 1. The number of fused-ring (bicyclic) bond motifs is 1. The van der Waals surface area contributed by atoms with Crippen molar-refractivity contribution in [3.8, 4) is 0 Å². The van der Waals surface area contributed by atoms with E-state index in [1.807, 2.05) is 6.07 Å². The van der Waals surface area contributed by atoms with Crippen LogP contribution in [0.15, 0.2) is 40.5 Å². The Labute approximate surface area is 119 Å². The number of rotatable bonds is 5. The Hall–Kier alpha value is -1.74. The van der Waals surface area contributed by atoms with Gasteiger partial charge in [-0.1, -0.05) is 18.6 Å². The molecular weight excluding hydrogens is 250 g/mol. The summed E-state index contributed by atoms with van der Waals surface area (Å²) in [7, 11) is 0. The molecule has 20 heavy (non-hydrogen) atoms. The number of hydrogen-bond acceptors (Lipinski definition) is 3. The first-order valence-electron chi connectivity index (χ1n) is 7.34. The van der Waals surface area contributed by atoms with Gasteiger partial charge in [-0.25, -0.2) is 0 Å². The molecule has 0 saturated carbocycles. The van der Waals surface area contributed by atoms with E-state index in [4.69, 9.17) is 9.15 Å². The lowest BCUT2D eigenvalue weighted by Gasteiger charge is -2.17. The van der Waals surface area contributed by atoms with Gasteiger partial charge >= 0.3 is 0 Å². The molecule has 1 atom stereocenters. The SMILES string of the molecule is CCCNC(C1=CCCO1)c1cc2cc(C)ccc2o1. The molecule has 0 amide bonds. The van der Waals surface area contributed by atoms with E-state index >= 15 is 0 Å². The van der Waals surface area contributed by atoms with Gasteiger partial charge in [-0.15, -0.1) is 0 Å². The first-order chi connectivity index (χ1) is 9.78. The molecule has 1 aromatic heterocycles. The van der Waals surface area contributed by atoms with Crippen LogP contribution in [0.2, 0.25) is 0 Å². The van der Waals surface area contributed by atoms with Gasteiger partial charge in [0.05, 0.1) is 6.61 Å². The van der Waals surface area contributed by atoms with Gasteiger partial charge in [-0.2, -0.15) is 0 Å². The molecule has 1 unspecified atom stereocenters. The largest absolute Gasteiger partial charge is 0.496 e. The minimum absolute atomic E-state index is 0.0326. The summed E-state index contributed by atoms with van der Waals surface area (Å²) < 4.78 is 11.7. The third-order valence-electron chi connectivity index (χ3n) is 3.59. The van der Waals surface area contributed by atoms with Crippen molar-refractivity contribution in [3.63, 3.8) is 0 Å². The standard InChI is InChI=1S/C17H21NO2/c1-3-8-18-17(15-5-4-9-19-15)16-11-13-10-12(2)6-7-14(13)20-16/h5-7,10-11,17-18H,3-4,8-9H2,1-2H3. The summed E-state index contributed by atoms with van der Waals surface area (Å²) in [5.74, 6) is 1.93. The zero-order valence-corrected chi connectivity index (χ0v) is 12.1. The Bertz CT molecular complexity index is 627. The van der Waals surface area contributed by atoms with Crippen LogP contribution in [0, 0.1) is 6.92 Å². The minimum atomic E-state index is 0.0326. The molecular formula is C17H21NO2. The van der Waals surface area contributed by atoms with E-state index in [0.29, 0.717) is 0 Å². The number of nitrogens with one attached hydrogen (secondary N) is 1. The number of ether oxygens (including phenoxy) is 1. The van der Waals surface area contributed by atoms with E-state index in [2.05, 4.69) is 43.4 Å². The Morgan fingerprint density at radius 3 is 2.95 bits per heavy atom. The predicted octanol–water partition coefficient (Wildman–Crippen LogP) is 4.09. The van der Waals surface area contributed by atoms with Crippen LogP contribution in [0.25, 0.3) is 11.0 Å². The van der Waals surface area contributed by atoms with Crippen molar-refractivity contribution in [2.75, 3.05) is 13.2 Å². The molecule has 1 N–H and O–H groups in total. The quantitative estimate of drug-likeness (QED) is 0.889. The molecule has 0 saturated heterocycles. The van der Waals surface area contributed by atoms with Gasteiger partial charge in [0.15, 0.2) is 0 Å². The Morgan fingerprint density at radius 1 is 1.30 bits per heavy atom. The van der Waals surface area contributed by atoms with Crippen molar-refractivity contribution < 1.29 is 9.15 Å². The van der Waals surface area contributed by atoms with E-state index in [-0.39, 0.29) is 6.04 Å². The summed E-state index contributed by atoms with van der Waals surface area (Å²) in [5.41, 5.74) is 2.19. The fourth-order valence-corrected chi connectivity index (χ4v) is 2.59. The summed E-state index contributed by atoms with van der Waals surface area (Å²) in [6.07, 6.45) is 4.23. The van der Waals surface area contributed by atoms with E-state index in [9.17, 15) is 0 Å². The Morgan fingerprint density at radius 2 is 2.20 bits per heavy atom. The molecule has 3 rings (SSSR count). The topological polar surface area (TPSA) is 34.4 Å². The van der Waals surface area contributed by atoms with Crippen molar-refractivity contribution in [1.29, 1.82) is 0 Å². The highest BCUT2D eigenvalue weighted by Gasteiger charge is 2.23. The smallest absolute Gasteiger partial charge is 0.134 e. The maximum Gasteiger partial charge on any atom is 0.134 e. The van der Waals surface area contributed by atoms with Gasteiger partial charge in [0, 0.05) is 11.8 Å². The molecule has 106 valence electrons. The summed E-state index contributed by atoms with van der Waals surface area (Å²) in [5, 5.41) is 4.67. The highest BCUT2D eigenvalue weighted by atomic mass is 16.5. The van der Waals surface area contributed by atoms with Gasteiger partial charge in [0.1, 0.15) is 23.1 Å². The molecule has 0 bridgehead atoms. The Balaban J connectivity index is 1.95. The van der Waals surface area contributed by atoms with Crippen LogP contribution < -0.4 is 5.32 Å². The van der Waals surface area contributed by atoms with E-state index in [1.54, 1.807) is 0 Å². The first-order valence-corrected chi connectivity index (χ1v) is 7.34. The van der Waals surface area contributed by atoms with Crippen LogP contribution in [0.1, 0.15) is 37.1 Å². The molecule has 3 nitrogen and oxygen atoms in total. The summed E-state index contributed by atoms with van der Waals surface area (Å²) in [4.78, 5) is 0. The van der Waals surface area contributed by atoms with Crippen molar-refractivity contribution in [2.24, 2.45) is 0 Å². The van der Waals surface area contributed by atoms with Gasteiger partial charge < -0.3 is 14.5 Å². The van der Waals surface area contributed by atoms with Gasteiger partial charge in [0.2, 0.25) is 0 Å². The molecule has 3 heteroatoms.